The van der Waals surface area contributed by atoms with Gasteiger partial charge in [-0.05, 0) is 43.4 Å². The van der Waals surface area contributed by atoms with Crippen molar-refractivity contribution in [2.75, 3.05) is 43.1 Å². The lowest BCUT2D eigenvalue weighted by molar-refractivity contribution is 0.122. The minimum Gasteiger partial charge on any atom is -0.396 e. The van der Waals surface area contributed by atoms with Crippen LogP contribution in [0, 0.1) is 5.92 Å². The van der Waals surface area contributed by atoms with Crippen LogP contribution < -0.4 is 15.8 Å². The van der Waals surface area contributed by atoms with Gasteiger partial charge in [0.2, 0.25) is 0 Å². The summed E-state index contributed by atoms with van der Waals surface area (Å²) in [7, 11) is 1.70. The molecule has 0 unspecified atom stereocenters. The van der Waals surface area contributed by atoms with E-state index in [1.165, 1.54) is 10.3 Å². The third-order valence-corrected chi connectivity index (χ3v) is 6.58. The first-order valence-electron chi connectivity index (χ1n) is 11.3. The SMILES string of the molecule is Cn1cnc2cc(-c3ccc(N4CCOCC4)cc3)nc(N[C@@H]3CC[C@H](CO)C3)c2c1=O. The van der Waals surface area contributed by atoms with Gasteiger partial charge in [-0.15, -0.1) is 0 Å². The molecule has 8 heteroatoms. The highest BCUT2D eigenvalue weighted by Gasteiger charge is 2.25. The first-order chi connectivity index (χ1) is 15.6. The molecule has 1 saturated carbocycles. The number of hydrogen-bond acceptors (Lipinski definition) is 7. The number of rotatable bonds is 5. The lowest BCUT2D eigenvalue weighted by atomic mass is 10.1. The van der Waals surface area contributed by atoms with Crippen LogP contribution in [0.5, 0.6) is 0 Å². The summed E-state index contributed by atoms with van der Waals surface area (Å²) in [5, 5.41) is 13.5. The largest absolute Gasteiger partial charge is 0.396 e. The maximum Gasteiger partial charge on any atom is 0.264 e. The molecule has 32 heavy (non-hydrogen) atoms. The summed E-state index contributed by atoms with van der Waals surface area (Å²) in [6, 6.07) is 10.4. The normalized spacial score (nSPS) is 21.2. The first-order valence-corrected chi connectivity index (χ1v) is 11.3. The van der Waals surface area contributed by atoms with Gasteiger partial charge >= 0.3 is 0 Å². The standard InChI is InChI=1S/C24H29N5O3/c1-28-15-25-21-13-20(17-3-6-19(7-4-17)29-8-10-32-11-9-29)27-23(22(21)24(28)31)26-18-5-2-16(12-18)14-30/h3-4,6-7,13,15-16,18,30H,2,5,8-12,14H2,1H3,(H,26,27)/t16-,18+/m0/s1. The topological polar surface area (TPSA) is 92.5 Å². The number of ether oxygens (including phenoxy) is 1. The van der Waals surface area contributed by atoms with E-state index in [-0.39, 0.29) is 18.2 Å². The molecule has 1 aliphatic carbocycles. The van der Waals surface area contributed by atoms with Crippen molar-refractivity contribution in [1.29, 1.82) is 0 Å². The van der Waals surface area contributed by atoms with E-state index in [0.717, 1.165) is 56.8 Å². The molecule has 3 heterocycles. The maximum atomic E-state index is 12.9. The molecule has 1 aromatic carbocycles. The molecule has 1 aliphatic heterocycles. The Morgan fingerprint density at radius 3 is 2.69 bits per heavy atom. The van der Waals surface area contributed by atoms with Crippen molar-refractivity contribution in [2.24, 2.45) is 13.0 Å². The highest BCUT2D eigenvalue weighted by atomic mass is 16.5. The van der Waals surface area contributed by atoms with E-state index in [1.807, 2.05) is 6.07 Å². The van der Waals surface area contributed by atoms with Crippen molar-refractivity contribution >= 4 is 22.4 Å². The van der Waals surface area contributed by atoms with Crippen molar-refractivity contribution in [3.8, 4) is 11.3 Å². The van der Waals surface area contributed by atoms with Crippen molar-refractivity contribution in [1.82, 2.24) is 14.5 Å². The molecule has 1 saturated heterocycles. The van der Waals surface area contributed by atoms with Gasteiger partial charge in [0.25, 0.3) is 5.56 Å². The van der Waals surface area contributed by atoms with Crippen LogP contribution in [0.4, 0.5) is 11.5 Å². The molecule has 0 bridgehead atoms. The number of aliphatic hydroxyl groups is 1. The fraction of sp³-hybridized carbons (Fsp3) is 0.458. The molecule has 0 radical (unpaired) electrons. The maximum absolute atomic E-state index is 12.9. The number of anilines is 2. The molecule has 8 nitrogen and oxygen atoms in total. The molecule has 0 amide bonds. The summed E-state index contributed by atoms with van der Waals surface area (Å²) < 4.78 is 6.93. The molecule has 2 atom stereocenters. The second-order valence-corrected chi connectivity index (χ2v) is 8.76. The number of pyridine rings is 1. The lowest BCUT2D eigenvalue weighted by Crippen LogP contribution is -2.36. The van der Waals surface area contributed by atoms with Gasteiger partial charge in [0.1, 0.15) is 11.2 Å². The molecule has 3 aromatic rings. The quantitative estimate of drug-likeness (QED) is 0.636. The predicted octanol–water partition coefficient (Wildman–Crippen LogP) is 2.41. The van der Waals surface area contributed by atoms with E-state index in [0.29, 0.717) is 22.6 Å². The van der Waals surface area contributed by atoms with Crippen LogP contribution in [-0.2, 0) is 11.8 Å². The fourth-order valence-corrected chi connectivity index (χ4v) is 4.70. The van der Waals surface area contributed by atoms with Gasteiger partial charge in [-0.25, -0.2) is 9.97 Å². The Hall–Kier alpha value is -2.97. The number of fused-ring (bicyclic) bond motifs is 1. The molecule has 2 aliphatic rings. The monoisotopic (exact) mass is 435 g/mol. The third-order valence-electron chi connectivity index (χ3n) is 6.58. The Balaban J connectivity index is 1.51. The average molecular weight is 436 g/mol. The van der Waals surface area contributed by atoms with E-state index in [9.17, 15) is 9.90 Å². The van der Waals surface area contributed by atoms with Crippen molar-refractivity contribution in [3.05, 3.63) is 47.0 Å². The van der Waals surface area contributed by atoms with Gasteiger partial charge in [0.15, 0.2) is 0 Å². The number of aryl methyl sites for hydroxylation is 1. The van der Waals surface area contributed by atoms with Gasteiger partial charge < -0.3 is 24.6 Å². The molecule has 2 N–H and O–H groups in total. The summed E-state index contributed by atoms with van der Waals surface area (Å²) >= 11 is 0. The summed E-state index contributed by atoms with van der Waals surface area (Å²) in [5.74, 6) is 0.877. The lowest BCUT2D eigenvalue weighted by Gasteiger charge is -2.28. The summed E-state index contributed by atoms with van der Waals surface area (Å²) in [4.78, 5) is 24.6. The Kier molecular flexibility index (Phi) is 5.80. The Morgan fingerprint density at radius 2 is 1.97 bits per heavy atom. The van der Waals surface area contributed by atoms with Crippen LogP contribution in [0.3, 0.4) is 0 Å². The van der Waals surface area contributed by atoms with Gasteiger partial charge in [0.05, 0.1) is 30.8 Å². The molecule has 0 spiro atoms. The zero-order valence-electron chi connectivity index (χ0n) is 18.3. The zero-order chi connectivity index (χ0) is 22.1. The Bertz CT molecular complexity index is 1150. The summed E-state index contributed by atoms with van der Waals surface area (Å²) in [6.45, 7) is 3.49. The minimum atomic E-state index is -0.115. The van der Waals surface area contributed by atoms with E-state index in [2.05, 4.69) is 39.5 Å². The van der Waals surface area contributed by atoms with Gasteiger partial charge in [-0.2, -0.15) is 0 Å². The van der Waals surface area contributed by atoms with Crippen molar-refractivity contribution in [2.45, 2.75) is 25.3 Å². The zero-order valence-corrected chi connectivity index (χ0v) is 18.3. The number of aromatic nitrogens is 3. The smallest absolute Gasteiger partial charge is 0.264 e. The Morgan fingerprint density at radius 1 is 1.19 bits per heavy atom. The fourth-order valence-electron chi connectivity index (χ4n) is 4.70. The summed E-state index contributed by atoms with van der Waals surface area (Å²) in [5.41, 5.74) is 3.45. The van der Waals surface area contributed by atoms with Gasteiger partial charge in [-0.3, -0.25) is 4.79 Å². The van der Waals surface area contributed by atoms with E-state index in [4.69, 9.17) is 9.72 Å². The predicted molar refractivity (Wildman–Crippen MR) is 125 cm³/mol. The number of benzene rings is 1. The molecular weight excluding hydrogens is 406 g/mol. The minimum absolute atomic E-state index is 0.115. The highest BCUT2D eigenvalue weighted by Crippen LogP contribution is 2.31. The van der Waals surface area contributed by atoms with Crippen LogP contribution in [0.1, 0.15) is 19.3 Å². The van der Waals surface area contributed by atoms with Crippen molar-refractivity contribution in [3.63, 3.8) is 0 Å². The van der Waals surface area contributed by atoms with Crippen LogP contribution in [0.15, 0.2) is 41.5 Å². The van der Waals surface area contributed by atoms with E-state index >= 15 is 0 Å². The van der Waals surface area contributed by atoms with Crippen LogP contribution in [-0.4, -0.2) is 58.6 Å². The van der Waals surface area contributed by atoms with Crippen molar-refractivity contribution < 1.29 is 9.84 Å². The van der Waals surface area contributed by atoms with Crippen LogP contribution in [0.25, 0.3) is 22.2 Å². The molecule has 5 rings (SSSR count). The van der Waals surface area contributed by atoms with Gasteiger partial charge in [-0.1, -0.05) is 12.1 Å². The molecule has 2 aromatic heterocycles. The third kappa shape index (κ3) is 4.08. The number of nitrogens with zero attached hydrogens (tertiary/aromatic N) is 4. The number of nitrogens with one attached hydrogen (secondary N) is 1. The average Bonchev–Trinajstić information content (AvgIpc) is 3.29. The first kappa shape index (κ1) is 20.9. The van der Waals surface area contributed by atoms with E-state index in [1.54, 1.807) is 13.4 Å². The second-order valence-electron chi connectivity index (χ2n) is 8.76. The molecular formula is C24H29N5O3. The highest BCUT2D eigenvalue weighted by molar-refractivity contribution is 5.91. The van der Waals surface area contributed by atoms with Crippen LogP contribution >= 0.6 is 0 Å². The van der Waals surface area contributed by atoms with E-state index < -0.39 is 0 Å². The number of aliphatic hydroxyl groups excluding tert-OH is 1. The number of morpholine rings is 1. The van der Waals surface area contributed by atoms with Gasteiger partial charge in [0, 0.05) is 44.0 Å². The number of hydrogen-bond donors (Lipinski definition) is 2. The molecule has 168 valence electrons. The Labute approximate surface area is 186 Å². The van der Waals surface area contributed by atoms with Crippen LogP contribution in [0.2, 0.25) is 0 Å². The molecule has 2 fully saturated rings. The second kappa shape index (κ2) is 8.88. The summed E-state index contributed by atoms with van der Waals surface area (Å²) in [6.07, 6.45) is 4.36.